The molecule has 1 unspecified atom stereocenters. The second-order valence-electron chi connectivity index (χ2n) is 8.00. The molecule has 0 spiro atoms. The molecule has 2 aliphatic heterocycles. The van der Waals surface area contributed by atoms with Crippen molar-refractivity contribution < 1.29 is 28.4 Å². The van der Waals surface area contributed by atoms with Crippen LogP contribution >= 0.6 is 11.6 Å². The van der Waals surface area contributed by atoms with E-state index >= 15 is 0 Å². The highest BCUT2D eigenvalue weighted by atomic mass is 35.5. The monoisotopic (exact) mass is 447 g/mol. The molecule has 31 heavy (non-hydrogen) atoms. The topological polar surface area (TPSA) is 98.7 Å². The molecule has 2 saturated heterocycles. The zero-order valence-electron chi connectivity index (χ0n) is 16.3. The summed E-state index contributed by atoms with van der Waals surface area (Å²) in [6.45, 7) is 0.526. The quantitative estimate of drug-likeness (QED) is 0.634. The number of benzene rings is 1. The van der Waals surface area contributed by atoms with Gasteiger partial charge in [-0.15, -0.1) is 0 Å². The summed E-state index contributed by atoms with van der Waals surface area (Å²) in [5, 5.41) is 10.2. The molecule has 4 heterocycles. The van der Waals surface area contributed by atoms with E-state index in [1.807, 2.05) is 0 Å². The van der Waals surface area contributed by atoms with Gasteiger partial charge in [0.1, 0.15) is 35.3 Å². The second-order valence-corrected chi connectivity index (χ2v) is 8.40. The molecule has 0 amide bonds. The molecule has 0 bridgehead atoms. The fourth-order valence-electron chi connectivity index (χ4n) is 4.51. The highest BCUT2D eigenvalue weighted by molar-refractivity contribution is 6.32. The van der Waals surface area contributed by atoms with Gasteiger partial charge >= 0.3 is 0 Å². The largest absolute Gasteiger partial charge is 0.468 e. The summed E-state index contributed by atoms with van der Waals surface area (Å²) in [5.74, 6) is 0.0124. The zero-order chi connectivity index (χ0) is 21.1. The number of aromatic amines is 1. The van der Waals surface area contributed by atoms with Crippen LogP contribution in [0.4, 0.5) is 4.39 Å². The Bertz CT molecular complexity index is 1160. The minimum absolute atomic E-state index is 0.226. The third kappa shape index (κ3) is 3.32. The fourth-order valence-corrected chi connectivity index (χ4v) is 4.71. The van der Waals surface area contributed by atoms with E-state index in [1.165, 1.54) is 6.07 Å². The van der Waals surface area contributed by atoms with Gasteiger partial charge < -0.3 is 29.0 Å². The SMILES string of the molecule is O[C@@H]1CO[C@H]2[C@@H]1OC[C@H]2Oc1nc2nc(OC3CCc4cc(F)ccc43)c(Cl)cc2[nH]1. The summed E-state index contributed by atoms with van der Waals surface area (Å²) in [5.41, 5.74) is 2.88. The van der Waals surface area contributed by atoms with E-state index in [9.17, 15) is 9.50 Å². The molecule has 5 atom stereocenters. The fraction of sp³-hybridized carbons (Fsp3) is 0.429. The number of nitrogens with zero attached hydrogens (tertiary/aromatic N) is 2. The van der Waals surface area contributed by atoms with E-state index in [4.69, 9.17) is 30.5 Å². The molecule has 10 heteroatoms. The summed E-state index contributed by atoms with van der Waals surface area (Å²) >= 11 is 6.40. The first-order valence-corrected chi connectivity index (χ1v) is 10.5. The summed E-state index contributed by atoms with van der Waals surface area (Å²) in [7, 11) is 0. The minimum Gasteiger partial charge on any atom is -0.468 e. The third-order valence-corrected chi connectivity index (χ3v) is 6.27. The Morgan fingerprint density at radius 2 is 2.00 bits per heavy atom. The number of pyridine rings is 1. The molecule has 2 fully saturated rings. The normalized spacial score (nSPS) is 29.3. The summed E-state index contributed by atoms with van der Waals surface area (Å²) in [6, 6.07) is 6.66. The number of hydrogen-bond donors (Lipinski definition) is 2. The average Bonchev–Trinajstić information content (AvgIpc) is 3.49. The van der Waals surface area contributed by atoms with E-state index in [-0.39, 0.29) is 48.7 Å². The number of ether oxygens (including phenoxy) is 4. The predicted molar refractivity (Wildman–Crippen MR) is 107 cm³/mol. The van der Waals surface area contributed by atoms with Crippen LogP contribution in [-0.4, -0.2) is 57.7 Å². The van der Waals surface area contributed by atoms with Gasteiger partial charge in [0.05, 0.1) is 18.7 Å². The molecule has 1 aliphatic carbocycles. The van der Waals surface area contributed by atoms with Crippen molar-refractivity contribution in [1.82, 2.24) is 15.0 Å². The maximum Gasteiger partial charge on any atom is 0.296 e. The maximum absolute atomic E-state index is 13.5. The molecule has 3 aromatic rings. The molecular formula is C21H19ClFN3O5. The highest BCUT2D eigenvalue weighted by Gasteiger charge is 2.48. The molecule has 8 nitrogen and oxygen atoms in total. The van der Waals surface area contributed by atoms with Crippen molar-refractivity contribution >= 4 is 22.8 Å². The molecule has 6 rings (SSSR count). The molecular weight excluding hydrogens is 429 g/mol. The van der Waals surface area contributed by atoms with Gasteiger partial charge in [0.2, 0.25) is 5.88 Å². The van der Waals surface area contributed by atoms with Crippen LogP contribution in [0.3, 0.4) is 0 Å². The molecule has 2 N–H and O–H groups in total. The Morgan fingerprint density at radius 1 is 1.13 bits per heavy atom. The van der Waals surface area contributed by atoms with E-state index < -0.39 is 6.10 Å². The van der Waals surface area contributed by atoms with Crippen molar-refractivity contribution in [2.24, 2.45) is 0 Å². The predicted octanol–water partition coefficient (Wildman–Crippen LogP) is 2.72. The molecule has 2 aromatic heterocycles. The molecule has 3 aliphatic rings. The van der Waals surface area contributed by atoms with Gasteiger partial charge in [-0.2, -0.15) is 9.97 Å². The Morgan fingerprint density at radius 3 is 2.90 bits per heavy atom. The van der Waals surface area contributed by atoms with Crippen molar-refractivity contribution in [2.75, 3.05) is 13.2 Å². The smallest absolute Gasteiger partial charge is 0.296 e. The lowest BCUT2D eigenvalue weighted by Crippen LogP contribution is -2.34. The molecule has 162 valence electrons. The van der Waals surface area contributed by atoms with Crippen LogP contribution in [0.2, 0.25) is 5.02 Å². The Labute approximate surface area is 181 Å². The first kappa shape index (κ1) is 19.2. The lowest BCUT2D eigenvalue weighted by molar-refractivity contribution is 0.00706. The van der Waals surface area contributed by atoms with Crippen LogP contribution in [0.25, 0.3) is 11.2 Å². The van der Waals surface area contributed by atoms with Crippen LogP contribution in [0, 0.1) is 5.82 Å². The van der Waals surface area contributed by atoms with Gasteiger partial charge in [0.15, 0.2) is 11.8 Å². The number of rotatable bonds is 4. The van der Waals surface area contributed by atoms with E-state index in [2.05, 4.69) is 15.0 Å². The van der Waals surface area contributed by atoms with Crippen molar-refractivity contribution in [3.63, 3.8) is 0 Å². The lowest BCUT2D eigenvalue weighted by Gasteiger charge is -2.15. The zero-order valence-corrected chi connectivity index (χ0v) is 17.0. The summed E-state index contributed by atoms with van der Waals surface area (Å²) < 4.78 is 36.6. The van der Waals surface area contributed by atoms with Crippen molar-refractivity contribution in [3.8, 4) is 11.9 Å². The minimum atomic E-state index is -0.647. The number of aliphatic hydroxyl groups excluding tert-OH is 1. The number of H-pyrrole nitrogens is 1. The van der Waals surface area contributed by atoms with Gasteiger partial charge in [0, 0.05) is 0 Å². The van der Waals surface area contributed by atoms with Crippen molar-refractivity contribution in [2.45, 2.75) is 43.4 Å². The number of hydrogen-bond acceptors (Lipinski definition) is 7. The number of aromatic nitrogens is 3. The van der Waals surface area contributed by atoms with Crippen molar-refractivity contribution in [3.05, 3.63) is 46.2 Å². The van der Waals surface area contributed by atoms with Gasteiger partial charge in [0.25, 0.3) is 6.01 Å². The first-order valence-electron chi connectivity index (χ1n) is 10.1. The molecule has 0 saturated carbocycles. The number of aryl methyl sites for hydroxylation is 1. The number of imidazole rings is 1. The number of nitrogens with one attached hydrogen (secondary N) is 1. The number of halogens is 2. The first-order chi connectivity index (χ1) is 15.0. The number of aliphatic hydroxyl groups is 1. The van der Waals surface area contributed by atoms with Crippen LogP contribution in [0.5, 0.6) is 11.9 Å². The van der Waals surface area contributed by atoms with E-state index in [1.54, 1.807) is 18.2 Å². The van der Waals surface area contributed by atoms with Gasteiger partial charge in [-0.1, -0.05) is 17.7 Å². The van der Waals surface area contributed by atoms with Crippen LogP contribution in [0.15, 0.2) is 24.3 Å². The summed E-state index contributed by atoms with van der Waals surface area (Å²) in [6.07, 6.45) is -0.543. The van der Waals surface area contributed by atoms with E-state index in [0.29, 0.717) is 22.8 Å². The van der Waals surface area contributed by atoms with Gasteiger partial charge in [-0.05, 0) is 42.2 Å². The maximum atomic E-state index is 13.5. The standard InChI is InChI=1S/C21H19ClFN3O5/c22-12-6-13-19(25-20(12)30-15-4-1-9-5-10(23)2-3-11(9)15)26-21(24-13)31-16-8-29-17-14(27)7-28-18(16)17/h2-3,5-6,14-18,27H,1,4,7-8H2,(H,24,25,26)/t14-,15?,16-,17-,18-/m1/s1. The average molecular weight is 448 g/mol. The Hall–Kier alpha value is -2.46. The lowest BCUT2D eigenvalue weighted by atomic mass is 10.1. The molecule has 0 radical (unpaired) electrons. The van der Waals surface area contributed by atoms with Crippen LogP contribution < -0.4 is 9.47 Å². The van der Waals surface area contributed by atoms with Gasteiger partial charge in [-0.25, -0.2) is 4.39 Å². The van der Waals surface area contributed by atoms with E-state index in [0.717, 1.165) is 24.0 Å². The Kier molecular flexibility index (Phi) is 4.53. The third-order valence-electron chi connectivity index (χ3n) is 6.00. The number of fused-ring (bicyclic) bond motifs is 3. The van der Waals surface area contributed by atoms with Crippen LogP contribution in [-0.2, 0) is 15.9 Å². The van der Waals surface area contributed by atoms with Crippen molar-refractivity contribution in [1.29, 1.82) is 0 Å². The van der Waals surface area contributed by atoms with Gasteiger partial charge in [-0.3, -0.25) is 0 Å². The summed E-state index contributed by atoms with van der Waals surface area (Å²) in [4.78, 5) is 11.9. The Balaban J connectivity index is 1.22. The second kappa shape index (κ2) is 7.30. The highest BCUT2D eigenvalue weighted by Crippen LogP contribution is 2.38. The van der Waals surface area contributed by atoms with Crippen LogP contribution in [0.1, 0.15) is 23.7 Å². The molecule has 1 aromatic carbocycles.